The molecule has 0 amide bonds. The molecule has 0 aromatic rings. The number of nitrogens with one attached hydrogen (secondary N) is 1. The van der Waals surface area contributed by atoms with Crippen LogP contribution in [-0.4, -0.2) is 19.9 Å². The maximum Gasteiger partial charge on any atom is 0.0859 e. The molecule has 3 N–H and O–H groups in total. The molecule has 0 atom stereocenters. The fraction of sp³-hybridized carbons (Fsp3) is 0.500. The molecule has 0 spiro atoms. The van der Waals surface area contributed by atoms with Gasteiger partial charge in [0.1, 0.15) is 0 Å². The van der Waals surface area contributed by atoms with Crippen LogP contribution >= 0.6 is 0 Å². The number of aliphatic imine (C=N–C) groups is 1. The second-order valence-corrected chi connectivity index (χ2v) is 1.53. The number of nitrogens with two attached hydrogens (primary N) is 1. The van der Waals surface area contributed by atoms with Crippen LogP contribution in [0.15, 0.2) is 17.3 Å². The van der Waals surface area contributed by atoms with Crippen molar-refractivity contribution in [3.63, 3.8) is 0 Å². The molecule has 0 saturated heterocycles. The van der Waals surface area contributed by atoms with Crippen molar-refractivity contribution in [3.05, 3.63) is 12.3 Å². The summed E-state index contributed by atoms with van der Waals surface area (Å²) in [4.78, 5) is 3.71. The average Bonchev–Trinajstić information content (AvgIpc) is 1.89. The van der Waals surface area contributed by atoms with Gasteiger partial charge < -0.3 is 11.1 Å². The van der Waals surface area contributed by atoms with Gasteiger partial charge in [0.25, 0.3) is 0 Å². The second-order valence-electron chi connectivity index (χ2n) is 1.53. The van der Waals surface area contributed by atoms with Crippen LogP contribution in [0.4, 0.5) is 0 Å². The monoisotopic (exact) mass is 127 g/mol. The molecular formula is C6H13N3. The highest BCUT2D eigenvalue weighted by Gasteiger charge is 1.68. The predicted octanol–water partition coefficient (Wildman–Crippen LogP) is 0.0966. The summed E-state index contributed by atoms with van der Waals surface area (Å²) >= 11 is 0. The van der Waals surface area contributed by atoms with E-state index in [-0.39, 0.29) is 0 Å². The molecule has 0 fully saturated rings. The summed E-state index contributed by atoms with van der Waals surface area (Å²) in [5.74, 6) is 0. The van der Waals surface area contributed by atoms with Gasteiger partial charge in [-0.05, 0) is 19.2 Å². The van der Waals surface area contributed by atoms with Crippen molar-refractivity contribution in [2.24, 2.45) is 10.7 Å². The topological polar surface area (TPSA) is 50.4 Å². The third-order valence-electron chi connectivity index (χ3n) is 0.751. The fourth-order valence-electron chi connectivity index (χ4n) is 0.365. The Bertz CT molecular complexity index is 96.5. The SMILES string of the molecule is CN=CN/C=C/CCN. The Hall–Kier alpha value is -0.830. The van der Waals surface area contributed by atoms with Gasteiger partial charge in [-0.25, -0.2) is 0 Å². The smallest absolute Gasteiger partial charge is 0.0859 e. The molecule has 0 saturated carbocycles. The molecule has 0 heterocycles. The van der Waals surface area contributed by atoms with Gasteiger partial charge in [0.05, 0.1) is 6.34 Å². The lowest BCUT2D eigenvalue weighted by molar-refractivity contribution is 1.000. The van der Waals surface area contributed by atoms with Gasteiger partial charge in [-0.3, -0.25) is 4.99 Å². The van der Waals surface area contributed by atoms with Crippen LogP contribution in [0.2, 0.25) is 0 Å². The molecule has 0 radical (unpaired) electrons. The first-order valence-corrected chi connectivity index (χ1v) is 2.93. The highest BCUT2D eigenvalue weighted by Crippen LogP contribution is 1.73. The van der Waals surface area contributed by atoms with Gasteiger partial charge in [0.2, 0.25) is 0 Å². The second kappa shape index (κ2) is 7.17. The molecule has 0 bridgehead atoms. The lowest BCUT2D eigenvalue weighted by atomic mass is 10.4. The van der Waals surface area contributed by atoms with Gasteiger partial charge in [-0.2, -0.15) is 0 Å². The van der Waals surface area contributed by atoms with Crippen molar-refractivity contribution >= 4 is 6.34 Å². The highest BCUT2D eigenvalue weighted by atomic mass is 14.9. The van der Waals surface area contributed by atoms with E-state index in [0.717, 1.165) is 6.42 Å². The van der Waals surface area contributed by atoms with E-state index in [9.17, 15) is 0 Å². The summed E-state index contributed by atoms with van der Waals surface area (Å²) in [6.45, 7) is 0.696. The molecule has 9 heavy (non-hydrogen) atoms. The zero-order valence-corrected chi connectivity index (χ0v) is 5.67. The van der Waals surface area contributed by atoms with Crippen LogP contribution in [0.5, 0.6) is 0 Å². The third kappa shape index (κ3) is 7.17. The van der Waals surface area contributed by atoms with Crippen molar-refractivity contribution in [1.29, 1.82) is 0 Å². The maximum atomic E-state index is 5.23. The Morgan fingerprint density at radius 1 is 1.67 bits per heavy atom. The van der Waals surface area contributed by atoms with E-state index < -0.39 is 0 Å². The molecule has 52 valence electrons. The third-order valence-corrected chi connectivity index (χ3v) is 0.751. The normalized spacial score (nSPS) is 11.3. The first-order valence-electron chi connectivity index (χ1n) is 2.93. The number of rotatable bonds is 4. The number of hydrogen-bond donors (Lipinski definition) is 2. The molecular weight excluding hydrogens is 114 g/mol. The van der Waals surface area contributed by atoms with Crippen molar-refractivity contribution in [2.75, 3.05) is 13.6 Å². The predicted molar refractivity (Wildman–Crippen MR) is 40.4 cm³/mol. The van der Waals surface area contributed by atoms with Gasteiger partial charge in [0, 0.05) is 7.05 Å². The highest BCUT2D eigenvalue weighted by molar-refractivity contribution is 5.55. The lowest BCUT2D eigenvalue weighted by Crippen LogP contribution is -2.01. The van der Waals surface area contributed by atoms with Crippen LogP contribution in [0.1, 0.15) is 6.42 Å². The minimum atomic E-state index is 0.696. The van der Waals surface area contributed by atoms with E-state index in [1.807, 2.05) is 12.3 Å². The van der Waals surface area contributed by atoms with Crippen molar-refractivity contribution in [3.8, 4) is 0 Å². The van der Waals surface area contributed by atoms with Crippen molar-refractivity contribution in [2.45, 2.75) is 6.42 Å². The molecule has 3 nitrogen and oxygen atoms in total. The average molecular weight is 127 g/mol. The van der Waals surface area contributed by atoms with Crippen LogP contribution in [-0.2, 0) is 0 Å². The lowest BCUT2D eigenvalue weighted by Gasteiger charge is -1.86. The molecule has 0 rings (SSSR count). The van der Waals surface area contributed by atoms with Crippen LogP contribution < -0.4 is 11.1 Å². The van der Waals surface area contributed by atoms with Gasteiger partial charge in [-0.15, -0.1) is 0 Å². The Balaban J connectivity index is 3.04. The van der Waals surface area contributed by atoms with Crippen LogP contribution in [0, 0.1) is 0 Å². The first kappa shape index (κ1) is 8.17. The molecule has 0 aliphatic heterocycles. The summed E-state index contributed by atoms with van der Waals surface area (Å²) in [6.07, 6.45) is 6.30. The van der Waals surface area contributed by atoms with E-state index in [4.69, 9.17) is 5.73 Å². The zero-order valence-electron chi connectivity index (χ0n) is 5.67. The fourth-order valence-corrected chi connectivity index (χ4v) is 0.365. The van der Waals surface area contributed by atoms with Crippen molar-refractivity contribution < 1.29 is 0 Å². The molecule has 0 unspecified atom stereocenters. The van der Waals surface area contributed by atoms with E-state index in [1.54, 1.807) is 13.4 Å². The van der Waals surface area contributed by atoms with Gasteiger partial charge in [0.15, 0.2) is 0 Å². The Labute approximate surface area is 55.7 Å². The Morgan fingerprint density at radius 2 is 2.44 bits per heavy atom. The quantitative estimate of drug-likeness (QED) is 0.415. The summed E-state index contributed by atoms with van der Waals surface area (Å²) in [7, 11) is 1.71. The molecule has 0 aromatic heterocycles. The first-order chi connectivity index (χ1) is 4.41. The molecule has 0 aliphatic carbocycles. The minimum Gasteiger partial charge on any atom is -0.353 e. The van der Waals surface area contributed by atoms with E-state index >= 15 is 0 Å². The summed E-state index contributed by atoms with van der Waals surface area (Å²) in [5, 5.41) is 2.84. The summed E-state index contributed by atoms with van der Waals surface area (Å²) in [6, 6.07) is 0. The number of nitrogens with zero attached hydrogens (tertiary/aromatic N) is 1. The van der Waals surface area contributed by atoms with Crippen LogP contribution in [0.3, 0.4) is 0 Å². The Morgan fingerprint density at radius 3 is 3.00 bits per heavy atom. The standard InChI is InChI=1S/C6H13N3/c1-8-6-9-5-3-2-4-7/h3,5-6H,2,4,7H2,1H3,(H,8,9)/b5-3+. The molecule has 3 heteroatoms. The van der Waals surface area contributed by atoms with Gasteiger partial charge in [-0.1, -0.05) is 6.08 Å². The molecule has 0 aliphatic rings. The number of hydrogen-bond acceptors (Lipinski definition) is 2. The van der Waals surface area contributed by atoms with Crippen LogP contribution in [0.25, 0.3) is 0 Å². The van der Waals surface area contributed by atoms with Gasteiger partial charge >= 0.3 is 0 Å². The maximum absolute atomic E-state index is 5.23. The Kier molecular flexibility index (Phi) is 6.51. The van der Waals surface area contributed by atoms with E-state index in [1.165, 1.54) is 0 Å². The van der Waals surface area contributed by atoms with Crippen molar-refractivity contribution in [1.82, 2.24) is 5.32 Å². The zero-order chi connectivity index (χ0) is 6.95. The minimum absolute atomic E-state index is 0.696. The van der Waals surface area contributed by atoms with E-state index in [0.29, 0.717) is 6.54 Å². The molecule has 0 aromatic carbocycles. The summed E-state index contributed by atoms with van der Waals surface area (Å²) < 4.78 is 0. The summed E-state index contributed by atoms with van der Waals surface area (Å²) in [5.41, 5.74) is 5.23. The largest absolute Gasteiger partial charge is 0.353 e. The van der Waals surface area contributed by atoms with E-state index in [2.05, 4.69) is 10.3 Å².